The van der Waals surface area contributed by atoms with Gasteiger partial charge in [-0.1, -0.05) is 49.6 Å². The van der Waals surface area contributed by atoms with Gasteiger partial charge in [0, 0.05) is 35.5 Å². The highest BCUT2D eigenvalue weighted by Gasteiger charge is 2.18. The van der Waals surface area contributed by atoms with Gasteiger partial charge in [-0.2, -0.15) is 0 Å². The van der Waals surface area contributed by atoms with E-state index in [4.69, 9.17) is 28.4 Å². The molecule has 0 unspecified atom stereocenters. The number of esters is 2. The second-order valence-corrected chi connectivity index (χ2v) is 14.9. The lowest BCUT2D eigenvalue weighted by Crippen LogP contribution is -2.07. The van der Waals surface area contributed by atoms with Gasteiger partial charge in [0.2, 0.25) is 9.84 Å². The van der Waals surface area contributed by atoms with Crippen LogP contribution in [0, 0.1) is 0 Å². The highest BCUT2D eigenvalue weighted by atomic mass is 32.2. The Morgan fingerprint density at radius 1 is 0.527 bits per heavy atom. The van der Waals surface area contributed by atoms with Crippen molar-refractivity contribution in [2.24, 2.45) is 0 Å². The highest BCUT2D eigenvalue weighted by Crippen LogP contribution is 2.32. The second-order valence-electron chi connectivity index (χ2n) is 13.0. The third-order valence-corrected chi connectivity index (χ3v) is 10.4. The highest BCUT2D eigenvalue weighted by molar-refractivity contribution is 7.91. The number of unbranched alkanes of at least 4 members (excludes halogenated alkanes) is 2. The van der Waals surface area contributed by atoms with E-state index in [1.54, 1.807) is 76.6 Å². The van der Waals surface area contributed by atoms with Gasteiger partial charge in [-0.15, -0.1) is 0 Å². The van der Waals surface area contributed by atoms with Gasteiger partial charge in [-0.3, -0.25) is 0 Å². The zero-order valence-corrected chi connectivity index (χ0v) is 32.9. The van der Waals surface area contributed by atoms with E-state index in [9.17, 15) is 18.0 Å². The zero-order valence-electron chi connectivity index (χ0n) is 32.1. The summed E-state index contributed by atoms with van der Waals surface area (Å²) in [5.41, 5.74) is 5.95. The number of benzene rings is 4. The minimum Gasteiger partial charge on any atom is -0.496 e. The van der Waals surface area contributed by atoms with E-state index in [1.165, 1.54) is 0 Å². The average Bonchev–Trinajstić information content (AvgIpc) is 3.19. The zero-order chi connectivity index (χ0) is 39.8. The van der Waals surface area contributed by atoms with Gasteiger partial charge in [0.1, 0.15) is 11.5 Å². The number of hydrogen-bond acceptors (Lipinski definition) is 10. The molecule has 4 rings (SSSR count). The van der Waals surface area contributed by atoms with E-state index in [0.29, 0.717) is 75.1 Å². The van der Waals surface area contributed by atoms with Crippen LogP contribution in [0.25, 0.3) is 22.3 Å². The molecule has 0 aliphatic heterocycles. The molecule has 0 fully saturated rings. The van der Waals surface area contributed by atoms with Gasteiger partial charge in [0.25, 0.3) is 0 Å². The van der Waals surface area contributed by atoms with Gasteiger partial charge in [0.15, 0.2) is 0 Å². The first kappa shape index (κ1) is 42.5. The molecule has 0 aliphatic rings. The first-order valence-corrected chi connectivity index (χ1v) is 19.5. The van der Waals surface area contributed by atoms with Crippen LogP contribution in [0.1, 0.15) is 50.7 Å². The molecule has 0 atom stereocenters. The number of carbonyl (C=O) groups is 2. The van der Waals surface area contributed by atoms with Gasteiger partial charge >= 0.3 is 11.9 Å². The largest absolute Gasteiger partial charge is 0.496 e. The third kappa shape index (κ3) is 12.4. The van der Waals surface area contributed by atoms with Crippen LogP contribution in [-0.4, -0.2) is 61.0 Å². The number of ether oxygens (including phenoxy) is 6. The van der Waals surface area contributed by atoms with Crippen molar-refractivity contribution in [3.8, 4) is 33.8 Å². The van der Waals surface area contributed by atoms with Gasteiger partial charge in [-0.05, 0) is 110 Å². The molecule has 0 spiro atoms. The van der Waals surface area contributed by atoms with Crippen molar-refractivity contribution >= 4 is 21.8 Å². The summed E-state index contributed by atoms with van der Waals surface area (Å²) in [4.78, 5) is 23.4. The fourth-order valence-electron chi connectivity index (χ4n) is 5.48. The Labute approximate surface area is 324 Å². The minimum absolute atomic E-state index is 0.188. The number of sulfone groups is 1. The lowest BCUT2D eigenvalue weighted by molar-refractivity contribution is -0.140. The van der Waals surface area contributed by atoms with E-state index >= 15 is 0 Å². The molecule has 4 aromatic rings. The van der Waals surface area contributed by atoms with Crippen molar-refractivity contribution in [3.63, 3.8) is 0 Å². The molecule has 4 aromatic carbocycles. The second kappa shape index (κ2) is 21.0. The van der Waals surface area contributed by atoms with Crippen molar-refractivity contribution in [2.45, 2.75) is 62.5 Å². The van der Waals surface area contributed by atoms with E-state index < -0.39 is 21.8 Å². The maximum atomic E-state index is 13.6. The molecule has 0 N–H and O–H groups in total. The van der Waals surface area contributed by atoms with Crippen molar-refractivity contribution < 1.29 is 46.4 Å². The van der Waals surface area contributed by atoms with Crippen molar-refractivity contribution in [3.05, 3.63) is 120 Å². The minimum atomic E-state index is -3.78. The predicted octanol–water partition coefficient (Wildman–Crippen LogP) is 8.70. The van der Waals surface area contributed by atoms with Crippen LogP contribution in [0.2, 0.25) is 0 Å². The maximum absolute atomic E-state index is 13.6. The monoisotopic (exact) mass is 770 g/mol. The van der Waals surface area contributed by atoms with Crippen molar-refractivity contribution in [1.82, 2.24) is 0 Å². The van der Waals surface area contributed by atoms with Crippen LogP contribution in [0.4, 0.5) is 0 Å². The fourth-order valence-corrected chi connectivity index (χ4v) is 6.74. The molecule has 11 heteroatoms. The summed E-state index contributed by atoms with van der Waals surface area (Å²) in [6.07, 6.45) is 2.81. The Kier molecular flexibility index (Phi) is 16.2. The summed E-state index contributed by atoms with van der Waals surface area (Å²) < 4.78 is 60.3. The summed E-state index contributed by atoms with van der Waals surface area (Å²) in [6.45, 7) is 12.6. The van der Waals surface area contributed by atoms with Crippen LogP contribution in [-0.2, 0) is 51.6 Å². The molecular formula is C44H50O10S. The predicted molar refractivity (Wildman–Crippen MR) is 212 cm³/mol. The molecule has 0 aliphatic carbocycles. The molecule has 0 saturated heterocycles. The van der Waals surface area contributed by atoms with Crippen LogP contribution < -0.4 is 9.47 Å². The first-order valence-electron chi connectivity index (χ1n) is 18.0. The normalized spacial score (nSPS) is 11.1. The molecule has 55 heavy (non-hydrogen) atoms. The molecule has 0 saturated carbocycles. The van der Waals surface area contributed by atoms with Crippen molar-refractivity contribution in [1.29, 1.82) is 0 Å². The van der Waals surface area contributed by atoms with Crippen LogP contribution >= 0.6 is 0 Å². The molecular weight excluding hydrogens is 721 g/mol. The van der Waals surface area contributed by atoms with E-state index in [-0.39, 0.29) is 9.79 Å². The van der Waals surface area contributed by atoms with Crippen LogP contribution in [0.5, 0.6) is 11.5 Å². The van der Waals surface area contributed by atoms with Crippen LogP contribution in [0.15, 0.2) is 119 Å². The molecule has 0 aromatic heterocycles. The molecule has 0 bridgehead atoms. The van der Waals surface area contributed by atoms with Gasteiger partial charge < -0.3 is 28.4 Å². The summed E-state index contributed by atoms with van der Waals surface area (Å²) >= 11 is 0. The standard InChI is InChI=1S/C44H50O10S/c1-31(2)43(45)53-25-9-7-23-51-29-37-27-35(15-21-41(37)49-5)33-11-17-39(18-12-33)55(47,48)40-19-13-34(14-20-40)36-16-22-42(50-6)38(28-36)30-52-24-8-10-26-54-44(46)32(3)4/h11-22,27-28H,1,3,7-10,23-26,29-30H2,2,4-6H3. The molecule has 10 nitrogen and oxygen atoms in total. The summed E-state index contributed by atoms with van der Waals surface area (Å²) in [5, 5.41) is 0. The lowest BCUT2D eigenvalue weighted by Gasteiger charge is -2.13. The number of carbonyl (C=O) groups excluding carboxylic acids is 2. The molecule has 0 heterocycles. The Morgan fingerprint density at radius 3 is 1.22 bits per heavy atom. The smallest absolute Gasteiger partial charge is 0.333 e. The third-order valence-electron chi connectivity index (χ3n) is 8.60. The topological polar surface area (TPSA) is 124 Å². The molecule has 0 amide bonds. The van der Waals surface area contributed by atoms with E-state index in [0.717, 1.165) is 46.2 Å². The fraction of sp³-hybridized carbons (Fsp3) is 0.318. The van der Waals surface area contributed by atoms with Crippen molar-refractivity contribution in [2.75, 3.05) is 40.6 Å². The van der Waals surface area contributed by atoms with Crippen LogP contribution in [0.3, 0.4) is 0 Å². The lowest BCUT2D eigenvalue weighted by atomic mass is 10.0. The molecule has 292 valence electrons. The van der Waals surface area contributed by atoms with Gasteiger partial charge in [0.05, 0.1) is 50.4 Å². The number of hydrogen-bond donors (Lipinski definition) is 0. The summed E-state index contributed by atoms with van der Waals surface area (Å²) in [7, 11) is -0.576. The van der Waals surface area contributed by atoms with Gasteiger partial charge in [-0.25, -0.2) is 18.0 Å². The Morgan fingerprint density at radius 2 is 0.873 bits per heavy atom. The number of methoxy groups -OCH3 is 2. The summed E-state index contributed by atoms with van der Waals surface area (Å²) in [6, 6.07) is 25.1. The quantitative estimate of drug-likeness (QED) is 0.0436. The SMILES string of the molecule is C=C(C)C(=O)OCCCCOCc1cc(-c2ccc(S(=O)(=O)c3ccc(-c4ccc(OC)c(COCCCCOC(=O)C(=C)C)c4)cc3)cc2)ccc1OC. The van der Waals surface area contributed by atoms with E-state index in [1.807, 2.05) is 36.4 Å². The first-order chi connectivity index (χ1) is 26.4. The Bertz CT molecular complexity index is 1890. The molecule has 0 radical (unpaired) electrons. The van der Waals surface area contributed by atoms with E-state index in [2.05, 4.69) is 13.2 Å². The maximum Gasteiger partial charge on any atom is 0.333 e. The summed E-state index contributed by atoms with van der Waals surface area (Å²) in [5.74, 6) is 0.593. The average molecular weight is 771 g/mol. The Balaban J connectivity index is 1.35. The Hall–Kier alpha value is -5.23. The number of rotatable bonds is 22.